The number of esters is 1. The lowest BCUT2D eigenvalue weighted by Crippen LogP contribution is -2.46. The van der Waals surface area contributed by atoms with Crippen molar-refractivity contribution in [3.8, 4) is 0 Å². The molecule has 3 nitrogen and oxygen atoms in total. The molecule has 4 heteroatoms. The van der Waals surface area contributed by atoms with Crippen LogP contribution in [0.1, 0.15) is 65.2 Å². The van der Waals surface area contributed by atoms with Gasteiger partial charge in [0.15, 0.2) is 0 Å². The largest absolute Gasteiger partial charge is 0.465 e. The molecule has 2 N–H and O–H groups in total. The fraction of sp³-hybridized carbons (Fsp3) is 0.933. The minimum absolute atomic E-state index is 0.269. The van der Waals surface area contributed by atoms with Crippen molar-refractivity contribution in [3.63, 3.8) is 0 Å². The monoisotopic (exact) mass is 287 g/mol. The van der Waals surface area contributed by atoms with E-state index < -0.39 is 5.54 Å². The molecule has 0 amide bonds. The fourth-order valence-corrected chi connectivity index (χ4v) is 3.84. The van der Waals surface area contributed by atoms with Crippen molar-refractivity contribution in [1.82, 2.24) is 0 Å². The van der Waals surface area contributed by atoms with E-state index in [1.165, 1.54) is 37.9 Å². The van der Waals surface area contributed by atoms with E-state index in [1.807, 2.05) is 6.92 Å². The van der Waals surface area contributed by atoms with Gasteiger partial charge in [-0.2, -0.15) is 11.8 Å². The Labute approximate surface area is 122 Å². The zero-order chi connectivity index (χ0) is 14.1. The molecule has 1 rings (SSSR count). The van der Waals surface area contributed by atoms with Gasteiger partial charge in [-0.25, -0.2) is 0 Å². The third kappa shape index (κ3) is 6.66. The summed E-state index contributed by atoms with van der Waals surface area (Å²) >= 11 is 2.11. The molecule has 0 aromatic rings. The van der Waals surface area contributed by atoms with E-state index in [1.54, 1.807) is 6.92 Å². The Bertz CT molecular complexity index is 263. The number of carbonyl (C=O) groups is 1. The zero-order valence-electron chi connectivity index (χ0n) is 12.5. The molecule has 112 valence electrons. The lowest BCUT2D eigenvalue weighted by molar-refractivity contribution is -0.149. The van der Waals surface area contributed by atoms with E-state index in [4.69, 9.17) is 10.5 Å². The number of rotatable bonds is 8. The maximum atomic E-state index is 11.6. The first-order chi connectivity index (χ1) is 9.06. The van der Waals surface area contributed by atoms with Crippen LogP contribution in [0.25, 0.3) is 0 Å². The average Bonchev–Trinajstić information content (AvgIpc) is 2.39. The highest BCUT2D eigenvalue weighted by molar-refractivity contribution is 7.99. The molecule has 0 bridgehead atoms. The summed E-state index contributed by atoms with van der Waals surface area (Å²) < 4.78 is 4.99. The maximum absolute atomic E-state index is 11.6. The summed E-state index contributed by atoms with van der Waals surface area (Å²) in [6.45, 7) is 4.00. The number of hydrogen-bond donors (Lipinski definition) is 1. The standard InChI is InChI=1S/C15H29NO2S/c1-3-18-14(17)15(2,16)11-7-8-12-19-13-9-5-4-6-10-13/h13H,3-12,16H2,1-2H3. The van der Waals surface area contributed by atoms with E-state index in [0.717, 1.165) is 24.5 Å². The molecule has 0 aromatic carbocycles. The molecule has 0 spiro atoms. The Balaban J connectivity index is 2.07. The second-order valence-corrected chi connectivity index (χ2v) is 7.13. The molecule has 1 fully saturated rings. The predicted octanol–water partition coefficient (Wildman–Crippen LogP) is 3.50. The van der Waals surface area contributed by atoms with Gasteiger partial charge in [-0.05, 0) is 45.3 Å². The Morgan fingerprint density at radius 2 is 2.00 bits per heavy atom. The van der Waals surface area contributed by atoms with Crippen LogP contribution in [0.15, 0.2) is 0 Å². The Morgan fingerprint density at radius 1 is 1.32 bits per heavy atom. The zero-order valence-corrected chi connectivity index (χ0v) is 13.3. The molecule has 0 saturated heterocycles. The Kier molecular flexibility index (Phi) is 7.84. The first-order valence-electron chi connectivity index (χ1n) is 7.64. The number of thioether (sulfide) groups is 1. The number of hydrogen-bond acceptors (Lipinski definition) is 4. The molecule has 1 aliphatic carbocycles. The molecule has 0 radical (unpaired) electrons. The van der Waals surface area contributed by atoms with Crippen LogP contribution in [0.3, 0.4) is 0 Å². The number of ether oxygens (including phenoxy) is 1. The summed E-state index contributed by atoms with van der Waals surface area (Å²) in [5.74, 6) is 0.929. The van der Waals surface area contributed by atoms with Crippen LogP contribution >= 0.6 is 11.8 Å². The van der Waals surface area contributed by atoms with Crippen molar-refractivity contribution >= 4 is 17.7 Å². The van der Waals surface area contributed by atoms with Gasteiger partial charge in [0.2, 0.25) is 0 Å². The van der Waals surface area contributed by atoms with Crippen LogP contribution in [0.5, 0.6) is 0 Å². The van der Waals surface area contributed by atoms with Gasteiger partial charge in [-0.3, -0.25) is 4.79 Å². The van der Waals surface area contributed by atoms with E-state index in [-0.39, 0.29) is 5.97 Å². The SMILES string of the molecule is CCOC(=O)C(C)(N)CCCCSC1CCCCC1. The number of nitrogens with two attached hydrogens (primary N) is 1. The van der Waals surface area contributed by atoms with Gasteiger partial charge in [0.25, 0.3) is 0 Å². The van der Waals surface area contributed by atoms with Crippen molar-refractivity contribution in [2.24, 2.45) is 5.73 Å². The molecule has 0 heterocycles. The fourth-order valence-electron chi connectivity index (χ4n) is 2.47. The van der Waals surface area contributed by atoms with Gasteiger partial charge in [-0.1, -0.05) is 25.7 Å². The van der Waals surface area contributed by atoms with Crippen molar-refractivity contribution in [2.45, 2.75) is 76.0 Å². The van der Waals surface area contributed by atoms with Gasteiger partial charge in [0, 0.05) is 5.25 Å². The second-order valence-electron chi connectivity index (χ2n) is 5.73. The Morgan fingerprint density at radius 3 is 2.63 bits per heavy atom. The molecule has 0 aromatic heterocycles. The van der Waals surface area contributed by atoms with Crippen LogP contribution in [0, 0.1) is 0 Å². The molecule has 0 aliphatic heterocycles. The highest BCUT2D eigenvalue weighted by Crippen LogP contribution is 2.29. The molecular weight excluding hydrogens is 258 g/mol. The highest BCUT2D eigenvalue weighted by Gasteiger charge is 2.29. The molecule has 1 unspecified atom stereocenters. The quantitative estimate of drug-likeness (QED) is 0.548. The van der Waals surface area contributed by atoms with E-state index >= 15 is 0 Å². The second kappa shape index (κ2) is 8.85. The van der Waals surface area contributed by atoms with Crippen molar-refractivity contribution < 1.29 is 9.53 Å². The van der Waals surface area contributed by atoms with E-state index in [2.05, 4.69) is 11.8 Å². The summed E-state index contributed by atoms with van der Waals surface area (Å²) in [6.07, 6.45) is 9.88. The molecule has 19 heavy (non-hydrogen) atoms. The lowest BCUT2D eigenvalue weighted by atomic mass is 9.96. The van der Waals surface area contributed by atoms with Crippen LogP contribution in [-0.2, 0) is 9.53 Å². The minimum Gasteiger partial charge on any atom is -0.465 e. The summed E-state index contributed by atoms with van der Waals surface area (Å²) in [4.78, 5) is 11.6. The third-order valence-corrected chi connectivity index (χ3v) is 5.21. The van der Waals surface area contributed by atoms with Crippen LogP contribution < -0.4 is 5.73 Å². The number of unbranched alkanes of at least 4 members (excludes halogenated alkanes) is 1. The summed E-state index contributed by atoms with van der Waals surface area (Å²) in [6, 6.07) is 0. The third-order valence-electron chi connectivity index (χ3n) is 3.74. The number of carbonyl (C=O) groups excluding carboxylic acids is 1. The first kappa shape index (κ1) is 16.8. The Hall–Kier alpha value is -0.220. The average molecular weight is 287 g/mol. The van der Waals surface area contributed by atoms with Gasteiger partial charge in [-0.15, -0.1) is 0 Å². The lowest BCUT2D eigenvalue weighted by Gasteiger charge is -2.23. The van der Waals surface area contributed by atoms with Crippen LogP contribution in [-0.4, -0.2) is 29.1 Å². The highest BCUT2D eigenvalue weighted by atomic mass is 32.2. The van der Waals surface area contributed by atoms with Gasteiger partial charge < -0.3 is 10.5 Å². The molecule has 1 aliphatic rings. The summed E-state index contributed by atoms with van der Waals surface area (Å²) in [5, 5.41) is 0.878. The normalized spacial score (nSPS) is 19.9. The molecule has 1 saturated carbocycles. The minimum atomic E-state index is -0.814. The summed E-state index contributed by atoms with van der Waals surface area (Å²) in [5.41, 5.74) is 5.18. The van der Waals surface area contributed by atoms with E-state index in [0.29, 0.717) is 6.61 Å². The van der Waals surface area contributed by atoms with Crippen molar-refractivity contribution in [1.29, 1.82) is 0 Å². The van der Waals surface area contributed by atoms with Crippen LogP contribution in [0.2, 0.25) is 0 Å². The van der Waals surface area contributed by atoms with Gasteiger partial charge in [0.1, 0.15) is 5.54 Å². The molecular formula is C15H29NO2S. The van der Waals surface area contributed by atoms with Crippen LogP contribution in [0.4, 0.5) is 0 Å². The van der Waals surface area contributed by atoms with E-state index in [9.17, 15) is 4.79 Å². The molecule has 1 atom stereocenters. The smallest absolute Gasteiger partial charge is 0.325 e. The first-order valence-corrected chi connectivity index (χ1v) is 8.69. The van der Waals surface area contributed by atoms with Crippen molar-refractivity contribution in [3.05, 3.63) is 0 Å². The summed E-state index contributed by atoms with van der Waals surface area (Å²) in [7, 11) is 0. The van der Waals surface area contributed by atoms with Crippen molar-refractivity contribution in [2.75, 3.05) is 12.4 Å². The topological polar surface area (TPSA) is 52.3 Å². The van der Waals surface area contributed by atoms with Gasteiger partial charge >= 0.3 is 5.97 Å². The maximum Gasteiger partial charge on any atom is 0.325 e. The predicted molar refractivity (Wildman–Crippen MR) is 82.4 cm³/mol. The van der Waals surface area contributed by atoms with Gasteiger partial charge in [0.05, 0.1) is 6.61 Å².